The number of nitrogens with one attached hydrogen (secondary N) is 1. The summed E-state index contributed by atoms with van der Waals surface area (Å²) in [6.07, 6.45) is 0.693. The highest BCUT2D eigenvalue weighted by Crippen LogP contribution is 2.15. The molecule has 1 aromatic rings. The topological polar surface area (TPSA) is 50.7 Å². The van der Waals surface area contributed by atoms with Crippen LogP contribution >= 0.6 is 11.6 Å². The second-order valence-electron chi connectivity index (χ2n) is 5.24. The first-order valence-corrected chi connectivity index (χ1v) is 7.79. The zero-order chi connectivity index (χ0) is 15.5. The standard InChI is InChI=1S/C16H26ClNO3/c1-13(2)21-9-5-8-18-10-15(19)12-20-11-14-6-3-4-7-16(14)17/h3-4,6-7,13,15,18-19H,5,8-12H2,1-2H3/t15-/m1/s1. The third kappa shape index (κ3) is 9.06. The van der Waals surface area contributed by atoms with Gasteiger partial charge in [-0.05, 0) is 38.4 Å². The number of aliphatic hydroxyl groups excluding tert-OH is 1. The molecule has 0 radical (unpaired) electrons. The average molecular weight is 316 g/mol. The van der Waals surface area contributed by atoms with Crippen molar-refractivity contribution in [3.8, 4) is 0 Å². The van der Waals surface area contributed by atoms with E-state index in [-0.39, 0.29) is 6.10 Å². The fourth-order valence-electron chi connectivity index (χ4n) is 1.76. The van der Waals surface area contributed by atoms with Crippen LogP contribution in [0.3, 0.4) is 0 Å². The quantitative estimate of drug-likeness (QED) is 0.616. The summed E-state index contributed by atoms with van der Waals surface area (Å²) in [7, 11) is 0. The lowest BCUT2D eigenvalue weighted by atomic mass is 10.2. The van der Waals surface area contributed by atoms with E-state index in [1.54, 1.807) is 0 Å². The van der Waals surface area contributed by atoms with Crippen LogP contribution in [0.1, 0.15) is 25.8 Å². The molecule has 21 heavy (non-hydrogen) atoms. The number of rotatable bonds is 11. The number of hydrogen-bond donors (Lipinski definition) is 2. The number of ether oxygens (including phenoxy) is 2. The number of aliphatic hydroxyl groups is 1. The highest BCUT2D eigenvalue weighted by molar-refractivity contribution is 6.31. The molecule has 1 atom stereocenters. The Hall–Kier alpha value is -0.650. The Morgan fingerprint density at radius 1 is 1.29 bits per heavy atom. The van der Waals surface area contributed by atoms with Gasteiger partial charge in [-0.3, -0.25) is 0 Å². The van der Waals surface area contributed by atoms with Gasteiger partial charge in [0.05, 0.1) is 25.4 Å². The van der Waals surface area contributed by atoms with Crippen LogP contribution in [0, 0.1) is 0 Å². The molecule has 120 valence electrons. The van der Waals surface area contributed by atoms with Gasteiger partial charge >= 0.3 is 0 Å². The molecule has 0 bridgehead atoms. The molecule has 0 aliphatic heterocycles. The van der Waals surface area contributed by atoms with Crippen molar-refractivity contribution in [3.05, 3.63) is 34.9 Å². The zero-order valence-corrected chi connectivity index (χ0v) is 13.6. The SMILES string of the molecule is CC(C)OCCCNC[C@@H](O)COCc1ccccc1Cl. The summed E-state index contributed by atoms with van der Waals surface area (Å²) in [5, 5.41) is 13.7. The van der Waals surface area contributed by atoms with Gasteiger partial charge in [-0.25, -0.2) is 0 Å². The molecule has 1 aromatic carbocycles. The maximum absolute atomic E-state index is 9.79. The first-order chi connectivity index (χ1) is 10.1. The van der Waals surface area contributed by atoms with E-state index in [1.165, 1.54) is 0 Å². The van der Waals surface area contributed by atoms with Crippen LogP contribution < -0.4 is 5.32 Å². The highest BCUT2D eigenvalue weighted by Gasteiger charge is 2.05. The van der Waals surface area contributed by atoms with Crippen molar-refractivity contribution >= 4 is 11.6 Å². The Bertz CT molecular complexity index is 388. The largest absolute Gasteiger partial charge is 0.389 e. The molecule has 0 unspecified atom stereocenters. The molecule has 0 saturated heterocycles. The van der Waals surface area contributed by atoms with E-state index in [0.29, 0.717) is 24.8 Å². The molecule has 0 aliphatic rings. The van der Waals surface area contributed by atoms with Gasteiger partial charge in [-0.2, -0.15) is 0 Å². The number of halogens is 1. The van der Waals surface area contributed by atoms with Crippen LogP contribution in [0.4, 0.5) is 0 Å². The maximum Gasteiger partial charge on any atom is 0.0897 e. The second kappa shape index (κ2) is 11.0. The molecule has 0 spiro atoms. The van der Waals surface area contributed by atoms with Crippen LogP contribution in [-0.4, -0.2) is 43.6 Å². The van der Waals surface area contributed by atoms with Gasteiger partial charge in [0, 0.05) is 18.2 Å². The molecule has 0 fully saturated rings. The Balaban J connectivity index is 2.01. The van der Waals surface area contributed by atoms with E-state index in [4.69, 9.17) is 21.1 Å². The average Bonchev–Trinajstić information content (AvgIpc) is 2.44. The van der Waals surface area contributed by atoms with E-state index in [9.17, 15) is 5.11 Å². The molecule has 1 rings (SSSR count). The summed E-state index contributed by atoms with van der Waals surface area (Å²) < 4.78 is 10.9. The lowest BCUT2D eigenvalue weighted by Gasteiger charge is -2.13. The maximum atomic E-state index is 9.79. The minimum atomic E-state index is -0.515. The molecular weight excluding hydrogens is 290 g/mol. The smallest absolute Gasteiger partial charge is 0.0897 e. The van der Waals surface area contributed by atoms with E-state index in [1.807, 2.05) is 38.1 Å². The monoisotopic (exact) mass is 315 g/mol. The van der Waals surface area contributed by atoms with Gasteiger partial charge < -0.3 is 19.9 Å². The predicted octanol–water partition coefficient (Wildman–Crippen LogP) is 2.62. The second-order valence-corrected chi connectivity index (χ2v) is 5.64. The first-order valence-electron chi connectivity index (χ1n) is 7.41. The van der Waals surface area contributed by atoms with Gasteiger partial charge in [-0.15, -0.1) is 0 Å². The Labute approximate surface area is 132 Å². The minimum Gasteiger partial charge on any atom is -0.389 e. The first kappa shape index (κ1) is 18.4. The predicted molar refractivity (Wildman–Crippen MR) is 85.7 cm³/mol. The zero-order valence-electron chi connectivity index (χ0n) is 12.8. The number of hydrogen-bond acceptors (Lipinski definition) is 4. The molecule has 0 aliphatic carbocycles. The van der Waals surface area contributed by atoms with Crippen molar-refractivity contribution < 1.29 is 14.6 Å². The minimum absolute atomic E-state index is 0.272. The van der Waals surface area contributed by atoms with Crippen LogP contribution in [0.2, 0.25) is 5.02 Å². The third-order valence-corrected chi connectivity index (χ3v) is 3.22. The summed E-state index contributed by atoms with van der Waals surface area (Å²) in [5.74, 6) is 0. The van der Waals surface area contributed by atoms with E-state index < -0.39 is 6.10 Å². The van der Waals surface area contributed by atoms with Gasteiger partial charge in [0.1, 0.15) is 0 Å². The Kier molecular flexibility index (Phi) is 9.63. The van der Waals surface area contributed by atoms with Gasteiger partial charge in [0.25, 0.3) is 0 Å². The lowest BCUT2D eigenvalue weighted by Crippen LogP contribution is -2.31. The molecule has 0 amide bonds. The molecule has 0 heterocycles. The van der Waals surface area contributed by atoms with Crippen molar-refractivity contribution in [1.82, 2.24) is 5.32 Å². The van der Waals surface area contributed by atoms with Crippen LogP contribution in [0.15, 0.2) is 24.3 Å². The van der Waals surface area contributed by atoms with Crippen LogP contribution in [0.5, 0.6) is 0 Å². The lowest BCUT2D eigenvalue weighted by molar-refractivity contribution is 0.0282. The fraction of sp³-hybridized carbons (Fsp3) is 0.625. The van der Waals surface area contributed by atoms with Crippen LogP contribution in [-0.2, 0) is 16.1 Å². The summed E-state index contributed by atoms with van der Waals surface area (Å²) in [5.41, 5.74) is 0.935. The molecule has 4 nitrogen and oxygen atoms in total. The van der Waals surface area contributed by atoms with Gasteiger partial charge in [0.15, 0.2) is 0 Å². The Morgan fingerprint density at radius 2 is 2.05 bits per heavy atom. The van der Waals surface area contributed by atoms with Gasteiger partial charge in [0.2, 0.25) is 0 Å². The summed E-state index contributed by atoms with van der Waals surface area (Å²) in [6, 6.07) is 7.55. The van der Waals surface area contributed by atoms with Crippen molar-refractivity contribution in [2.75, 3.05) is 26.3 Å². The molecule has 5 heteroatoms. The molecular formula is C16H26ClNO3. The van der Waals surface area contributed by atoms with Crippen molar-refractivity contribution in [1.29, 1.82) is 0 Å². The summed E-state index contributed by atoms with van der Waals surface area (Å²) in [6.45, 7) is 6.84. The van der Waals surface area contributed by atoms with E-state index >= 15 is 0 Å². The number of benzene rings is 1. The molecule has 0 saturated carbocycles. The van der Waals surface area contributed by atoms with E-state index in [2.05, 4.69) is 5.32 Å². The van der Waals surface area contributed by atoms with E-state index in [0.717, 1.165) is 25.1 Å². The molecule has 0 aromatic heterocycles. The highest BCUT2D eigenvalue weighted by atomic mass is 35.5. The molecule has 2 N–H and O–H groups in total. The Morgan fingerprint density at radius 3 is 2.76 bits per heavy atom. The third-order valence-electron chi connectivity index (χ3n) is 2.85. The van der Waals surface area contributed by atoms with Crippen LogP contribution in [0.25, 0.3) is 0 Å². The summed E-state index contributed by atoms with van der Waals surface area (Å²) >= 11 is 6.03. The van der Waals surface area contributed by atoms with Crippen molar-refractivity contribution in [2.45, 2.75) is 39.1 Å². The summed E-state index contributed by atoms with van der Waals surface area (Å²) in [4.78, 5) is 0. The van der Waals surface area contributed by atoms with Crippen molar-refractivity contribution in [2.24, 2.45) is 0 Å². The fourth-order valence-corrected chi connectivity index (χ4v) is 1.95. The van der Waals surface area contributed by atoms with Crippen molar-refractivity contribution in [3.63, 3.8) is 0 Å². The van der Waals surface area contributed by atoms with Gasteiger partial charge in [-0.1, -0.05) is 29.8 Å². The normalized spacial score (nSPS) is 12.8.